The topological polar surface area (TPSA) is 49.7 Å². The van der Waals surface area contributed by atoms with Crippen LogP contribution in [-0.2, 0) is 4.89 Å². The zero-order valence-electron chi connectivity index (χ0n) is 9.57. The molecule has 1 rings (SSSR count). The van der Waals surface area contributed by atoms with Crippen LogP contribution in [0.3, 0.4) is 0 Å². The Morgan fingerprint density at radius 1 is 1.29 bits per heavy atom. The van der Waals surface area contributed by atoms with Crippen molar-refractivity contribution in [1.82, 2.24) is 0 Å². The van der Waals surface area contributed by atoms with E-state index in [2.05, 4.69) is 4.89 Å². The summed E-state index contributed by atoms with van der Waals surface area (Å²) < 4.78 is 0. The van der Waals surface area contributed by atoms with Crippen molar-refractivity contribution in [1.29, 1.82) is 0 Å². The summed E-state index contributed by atoms with van der Waals surface area (Å²) in [6.45, 7) is 2.02. The van der Waals surface area contributed by atoms with Gasteiger partial charge < -0.3 is 5.11 Å². The molecule has 3 nitrogen and oxygen atoms in total. The zero-order chi connectivity index (χ0) is 12.8. The van der Waals surface area contributed by atoms with Crippen molar-refractivity contribution in [3.05, 3.63) is 33.8 Å². The monoisotopic (exact) mass is 278 g/mol. The molecule has 0 bridgehead atoms. The number of halogens is 2. The number of rotatable bonds is 6. The van der Waals surface area contributed by atoms with Crippen LogP contribution in [0, 0.1) is 0 Å². The lowest BCUT2D eigenvalue weighted by Gasteiger charge is -2.21. The van der Waals surface area contributed by atoms with E-state index in [4.69, 9.17) is 28.5 Å². The number of unbranched alkanes of at least 4 members (excludes halogenated alkanes) is 1. The molecule has 2 atom stereocenters. The summed E-state index contributed by atoms with van der Waals surface area (Å²) >= 11 is 12.0. The molecule has 17 heavy (non-hydrogen) atoms. The standard InChI is InChI=1S/C12H16Cl2O3/c1-2-3-7-10(17-16)12(15)11-8(13)5-4-6-9(11)14/h4-6,10,12,15-16H,2-3,7H2,1H3. The first-order valence-electron chi connectivity index (χ1n) is 5.54. The van der Waals surface area contributed by atoms with Gasteiger partial charge in [0.2, 0.25) is 0 Å². The van der Waals surface area contributed by atoms with E-state index in [1.807, 2.05) is 6.92 Å². The van der Waals surface area contributed by atoms with E-state index < -0.39 is 12.2 Å². The molecule has 0 heterocycles. The molecular formula is C12H16Cl2O3. The molecule has 2 N–H and O–H groups in total. The lowest BCUT2D eigenvalue weighted by atomic mass is 10.00. The van der Waals surface area contributed by atoms with Crippen molar-refractivity contribution < 1.29 is 15.3 Å². The van der Waals surface area contributed by atoms with Crippen LogP contribution in [0.4, 0.5) is 0 Å². The van der Waals surface area contributed by atoms with E-state index in [0.29, 0.717) is 22.0 Å². The van der Waals surface area contributed by atoms with Gasteiger partial charge in [0.05, 0.1) is 0 Å². The predicted molar refractivity (Wildman–Crippen MR) is 68.4 cm³/mol. The fourth-order valence-electron chi connectivity index (χ4n) is 1.65. The van der Waals surface area contributed by atoms with Gasteiger partial charge >= 0.3 is 0 Å². The minimum absolute atomic E-state index is 0.364. The molecule has 0 fully saturated rings. The van der Waals surface area contributed by atoms with Crippen molar-refractivity contribution >= 4 is 23.2 Å². The van der Waals surface area contributed by atoms with Crippen LogP contribution in [0.25, 0.3) is 0 Å². The maximum absolute atomic E-state index is 10.1. The fraction of sp³-hybridized carbons (Fsp3) is 0.500. The second kappa shape index (κ2) is 7.19. The van der Waals surface area contributed by atoms with Crippen LogP contribution in [-0.4, -0.2) is 16.5 Å². The van der Waals surface area contributed by atoms with E-state index in [1.54, 1.807) is 18.2 Å². The molecule has 0 spiro atoms. The Balaban J connectivity index is 2.89. The lowest BCUT2D eigenvalue weighted by Crippen LogP contribution is -2.21. The molecule has 0 aliphatic rings. The molecule has 2 unspecified atom stereocenters. The molecule has 0 aromatic heterocycles. The Kier molecular flexibility index (Phi) is 6.23. The summed E-state index contributed by atoms with van der Waals surface area (Å²) in [6, 6.07) is 4.97. The van der Waals surface area contributed by atoms with Crippen molar-refractivity contribution in [2.45, 2.75) is 38.4 Å². The molecule has 0 amide bonds. The highest BCUT2D eigenvalue weighted by Gasteiger charge is 2.25. The first-order valence-corrected chi connectivity index (χ1v) is 6.29. The summed E-state index contributed by atoms with van der Waals surface area (Å²) in [5, 5.41) is 19.7. The van der Waals surface area contributed by atoms with Crippen molar-refractivity contribution in [3.8, 4) is 0 Å². The number of benzene rings is 1. The third-order valence-electron chi connectivity index (χ3n) is 2.63. The highest BCUT2D eigenvalue weighted by Crippen LogP contribution is 2.33. The minimum atomic E-state index is -1.03. The van der Waals surface area contributed by atoms with Gasteiger partial charge in [-0.1, -0.05) is 49.0 Å². The van der Waals surface area contributed by atoms with Gasteiger partial charge in [-0.25, -0.2) is 4.89 Å². The molecular weight excluding hydrogens is 263 g/mol. The van der Waals surface area contributed by atoms with Crippen LogP contribution in [0.1, 0.15) is 37.9 Å². The van der Waals surface area contributed by atoms with Crippen LogP contribution >= 0.6 is 23.2 Å². The van der Waals surface area contributed by atoms with Gasteiger partial charge in [-0.05, 0) is 18.6 Å². The van der Waals surface area contributed by atoms with E-state index in [1.165, 1.54) is 0 Å². The molecule has 96 valence electrons. The lowest BCUT2D eigenvalue weighted by molar-refractivity contribution is -0.299. The maximum Gasteiger partial charge on any atom is 0.123 e. The molecule has 0 saturated heterocycles. The summed E-state index contributed by atoms with van der Waals surface area (Å²) in [6.07, 6.45) is 0.572. The number of hydrogen-bond donors (Lipinski definition) is 2. The smallest absolute Gasteiger partial charge is 0.123 e. The van der Waals surface area contributed by atoms with E-state index in [0.717, 1.165) is 12.8 Å². The van der Waals surface area contributed by atoms with Gasteiger partial charge in [-0.2, -0.15) is 0 Å². The second-order valence-electron chi connectivity index (χ2n) is 3.87. The Morgan fingerprint density at radius 3 is 2.35 bits per heavy atom. The van der Waals surface area contributed by atoms with Crippen LogP contribution in [0.15, 0.2) is 18.2 Å². The third kappa shape index (κ3) is 3.83. The van der Waals surface area contributed by atoms with E-state index in [-0.39, 0.29) is 0 Å². The van der Waals surface area contributed by atoms with Crippen LogP contribution in [0.2, 0.25) is 10.0 Å². The Labute approximate surface area is 111 Å². The Bertz CT molecular complexity index is 337. The molecule has 0 radical (unpaired) electrons. The van der Waals surface area contributed by atoms with Gasteiger partial charge in [-0.3, -0.25) is 5.26 Å². The van der Waals surface area contributed by atoms with Crippen LogP contribution < -0.4 is 0 Å². The first kappa shape index (κ1) is 14.7. The fourth-order valence-corrected chi connectivity index (χ4v) is 2.27. The molecule has 0 saturated carbocycles. The third-order valence-corrected chi connectivity index (χ3v) is 3.28. The van der Waals surface area contributed by atoms with Gasteiger partial charge in [-0.15, -0.1) is 0 Å². The largest absolute Gasteiger partial charge is 0.385 e. The molecule has 5 heteroatoms. The molecule has 0 aliphatic carbocycles. The Hall–Kier alpha value is -0.320. The Morgan fingerprint density at radius 2 is 1.88 bits per heavy atom. The van der Waals surface area contributed by atoms with E-state index in [9.17, 15) is 5.11 Å². The van der Waals surface area contributed by atoms with Crippen LogP contribution in [0.5, 0.6) is 0 Å². The average molecular weight is 279 g/mol. The minimum Gasteiger partial charge on any atom is -0.385 e. The molecule has 1 aromatic carbocycles. The number of hydrogen-bond acceptors (Lipinski definition) is 3. The SMILES string of the molecule is CCCCC(OO)C(O)c1c(Cl)cccc1Cl. The summed E-state index contributed by atoms with van der Waals surface area (Å²) in [5.41, 5.74) is 0.394. The average Bonchev–Trinajstić information content (AvgIpc) is 2.30. The van der Waals surface area contributed by atoms with Gasteiger partial charge in [0.1, 0.15) is 12.2 Å². The van der Waals surface area contributed by atoms with Gasteiger partial charge in [0.25, 0.3) is 0 Å². The summed E-state index contributed by atoms with van der Waals surface area (Å²) in [5.74, 6) is 0. The highest BCUT2D eigenvalue weighted by molar-refractivity contribution is 6.36. The maximum atomic E-state index is 10.1. The first-order chi connectivity index (χ1) is 8.11. The highest BCUT2D eigenvalue weighted by atomic mass is 35.5. The van der Waals surface area contributed by atoms with Crippen molar-refractivity contribution in [2.75, 3.05) is 0 Å². The van der Waals surface area contributed by atoms with E-state index >= 15 is 0 Å². The van der Waals surface area contributed by atoms with Gasteiger partial charge in [0, 0.05) is 15.6 Å². The van der Waals surface area contributed by atoms with Gasteiger partial charge in [0.15, 0.2) is 0 Å². The van der Waals surface area contributed by atoms with Crippen molar-refractivity contribution in [3.63, 3.8) is 0 Å². The van der Waals surface area contributed by atoms with Crippen molar-refractivity contribution in [2.24, 2.45) is 0 Å². The quantitative estimate of drug-likeness (QED) is 0.609. The zero-order valence-corrected chi connectivity index (χ0v) is 11.1. The summed E-state index contributed by atoms with van der Waals surface area (Å²) in [7, 11) is 0. The second-order valence-corrected chi connectivity index (χ2v) is 4.68. The normalized spacial score (nSPS) is 14.6. The molecule has 1 aromatic rings. The summed E-state index contributed by atoms with van der Waals surface area (Å²) in [4.78, 5) is 4.31. The number of aliphatic hydroxyl groups is 1. The molecule has 0 aliphatic heterocycles. The number of aliphatic hydroxyl groups excluding tert-OH is 1. The predicted octanol–water partition coefficient (Wildman–Crippen LogP) is 4.08.